The highest BCUT2D eigenvalue weighted by atomic mass is 16.5. The summed E-state index contributed by atoms with van der Waals surface area (Å²) in [6.45, 7) is 3.56. The first kappa shape index (κ1) is 14.5. The first-order chi connectivity index (χ1) is 10.3. The Kier molecular flexibility index (Phi) is 4.24. The molecule has 2 aliphatic rings. The van der Waals surface area contributed by atoms with E-state index in [4.69, 9.17) is 14.0 Å². The summed E-state index contributed by atoms with van der Waals surface area (Å²) in [6, 6.07) is 0. The molecule has 0 N–H and O–H groups in total. The third-order valence-corrected chi connectivity index (χ3v) is 4.52. The Labute approximate surface area is 124 Å². The molecule has 2 heterocycles. The van der Waals surface area contributed by atoms with E-state index in [1.807, 2.05) is 6.92 Å². The molecule has 0 aromatic carbocycles. The lowest BCUT2D eigenvalue weighted by molar-refractivity contribution is -0.152. The number of nitrogens with zero attached hydrogens (tertiary/aromatic N) is 2. The fourth-order valence-electron chi connectivity index (χ4n) is 3.26. The average molecular weight is 294 g/mol. The summed E-state index contributed by atoms with van der Waals surface area (Å²) in [5, 5.41) is 4.09. The molecule has 1 atom stereocenters. The third-order valence-electron chi connectivity index (χ3n) is 4.52. The highest BCUT2D eigenvalue weighted by molar-refractivity contribution is 5.82. The molecule has 0 radical (unpaired) electrons. The molecule has 1 aliphatic heterocycles. The van der Waals surface area contributed by atoms with Crippen molar-refractivity contribution in [3.05, 3.63) is 11.7 Å². The fourth-order valence-corrected chi connectivity index (χ4v) is 3.26. The van der Waals surface area contributed by atoms with E-state index in [2.05, 4.69) is 10.1 Å². The van der Waals surface area contributed by atoms with Crippen LogP contribution in [0.2, 0.25) is 0 Å². The molecule has 0 amide bonds. The highest BCUT2D eigenvalue weighted by Gasteiger charge is 2.47. The van der Waals surface area contributed by atoms with Crippen LogP contribution in [0.25, 0.3) is 0 Å². The molecule has 1 saturated heterocycles. The maximum atomic E-state index is 12.5. The van der Waals surface area contributed by atoms with E-state index < -0.39 is 5.41 Å². The molecular formula is C15H22N2O4. The Morgan fingerprint density at radius 1 is 1.38 bits per heavy atom. The maximum absolute atomic E-state index is 12.5. The van der Waals surface area contributed by atoms with Gasteiger partial charge < -0.3 is 14.0 Å². The van der Waals surface area contributed by atoms with Crippen LogP contribution in [0.15, 0.2) is 4.52 Å². The molecule has 3 rings (SSSR count). The Morgan fingerprint density at radius 3 is 2.86 bits per heavy atom. The van der Waals surface area contributed by atoms with Crippen LogP contribution in [-0.2, 0) is 19.7 Å². The third kappa shape index (κ3) is 2.69. The molecule has 1 aromatic rings. The van der Waals surface area contributed by atoms with Gasteiger partial charge in [-0.25, -0.2) is 0 Å². The number of hydrogen-bond donors (Lipinski definition) is 0. The summed E-state index contributed by atoms with van der Waals surface area (Å²) in [5.74, 6) is 1.06. The van der Waals surface area contributed by atoms with Gasteiger partial charge in [0.05, 0.1) is 13.2 Å². The van der Waals surface area contributed by atoms with Crippen LogP contribution in [0.4, 0.5) is 0 Å². The predicted molar refractivity (Wildman–Crippen MR) is 73.9 cm³/mol. The normalized spacial score (nSPS) is 24.9. The second-order valence-electron chi connectivity index (χ2n) is 5.88. The minimum absolute atomic E-state index is 0.185. The van der Waals surface area contributed by atoms with E-state index in [1.54, 1.807) is 0 Å². The number of hydrogen-bond acceptors (Lipinski definition) is 6. The van der Waals surface area contributed by atoms with Gasteiger partial charge in [-0.3, -0.25) is 4.79 Å². The lowest BCUT2D eigenvalue weighted by Crippen LogP contribution is -2.39. The van der Waals surface area contributed by atoms with Crippen LogP contribution in [0.1, 0.15) is 63.1 Å². The van der Waals surface area contributed by atoms with Crippen molar-refractivity contribution < 1.29 is 18.8 Å². The molecular weight excluding hydrogens is 272 g/mol. The molecule has 0 spiro atoms. The van der Waals surface area contributed by atoms with E-state index in [0.29, 0.717) is 24.9 Å². The summed E-state index contributed by atoms with van der Waals surface area (Å²) in [6.07, 6.45) is 5.49. The van der Waals surface area contributed by atoms with Crippen molar-refractivity contribution in [1.82, 2.24) is 10.1 Å². The van der Waals surface area contributed by atoms with Crippen molar-refractivity contribution in [3.63, 3.8) is 0 Å². The number of carbonyl (C=O) groups is 1. The topological polar surface area (TPSA) is 74.5 Å². The average Bonchev–Trinajstić information content (AvgIpc) is 3.19. The first-order valence-corrected chi connectivity index (χ1v) is 7.85. The smallest absolute Gasteiger partial charge is 0.321 e. The summed E-state index contributed by atoms with van der Waals surface area (Å²) in [4.78, 5) is 17.0. The zero-order valence-electron chi connectivity index (χ0n) is 12.5. The highest BCUT2D eigenvalue weighted by Crippen LogP contribution is 2.40. The molecule has 1 aromatic heterocycles. The largest absolute Gasteiger partial charge is 0.465 e. The number of rotatable bonds is 4. The zero-order valence-corrected chi connectivity index (χ0v) is 12.5. The maximum Gasteiger partial charge on any atom is 0.321 e. The Morgan fingerprint density at radius 2 is 2.19 bits per heavy atom. The van der Waals surface area contributed by atoms with Crippen LogP contribution < -0.4 is 0 Å². The molecule has 6 nitrogen and oxygen atoms in total. The molecule has 1 saturated carbocycles. The lowest BCUT2D eigenvalue weighted by atomic mass is 9.74. The second kappa shape index (κ2) is 6.13. The van der Waals surface area contributed by atoms with Gasteiger partial charge in [-0.2, -0.15) is 4.98 Å². The van der Waals surface area contributed by atoms with E-state index in [1.165, 1.54) is 0 Å². The summed E-state index contributed by atoms with van der Waals surface area (Å²) < 4.78 is 16.1. The first-order valence-electron chi connectivity index (χ1n) is 7.85. The van der Waals surface area contributed by atoms with Gasteiger partial charge in [0.2, 0.25) is 5.89 Å². The Balaban J connectivity index is 1.87. The van der Waals surface area contributed by atoms with Gasteiger partial charge in [-0.1, -0.05) is 24.4 Å². The summed E-state index contributed by atoms with van der Waals surface area (Å²) >= 11 is 0. The lowest BCUT2D eigenvalue weighted by Gasteiger charge is -2.31. The second-order valence-corrected chi connectivity index (χ2v) is 5.88. The van der Waals surface area contributed by atoms with Gasteiger partial charge in [0.25, 0.3) is 0 Å². The molecule has 1 aliphatic carbocycles. The standard InChI is InChI=1S/C15H22N2O4/c1-2-20-14(18)15(7-4-3-5-8-15)13-16-12(17-21-13)11-6-9-19-10-11/h11H,2-10H2,1H3. The van der Waals surface area contributed by atoms with Crippen molar-refractivity contribution in [2.24, 2.45) is 0 Å². The SMILES string of the molecule is CCOC(=O)C1(c2nc(C3CCOC3)no2)CCCCC1. The van der Waals surface area contributed by atoms with Crippen LogP contribution in [-0.4, -0.2) is 35.9 Å². The van der Waals surface area contributed by atoms with Gasteiger partial charge in [0, 0.05) is 12.5 Å². The van der Waals surface area contributed by atoms with Crippen molar-refractivity contribution in [1.29, 1.82) is 0 Å². The molecule has 2 fully saturated rings. The van der Waals surface area contributed by atoms with Gasteiger partial charge in [-0.05, 0) is 26.2 Å². The number of carbonyl (C=O) groups excluding carboxylic acids is 1. The molecule has 1 unspecified atom stereocenters. The van der Waals surface area contributed by atoms with E-state index in [-0.39, 0.29) is 11.9 Å². The molecule has 116 valence electrons. The number of ether oxygens (including phenoxy) is 2. The van der Waals surface area contributed by atoms with Crippen LogP contribution in [0, 0.1) is 0 Å². The summed E-state index contributed by atoms with van der Waals surface area (Å²) in [7, 11) is 0. The van der Waals surface area contributed by atoms with Crippen LogP contribution in [0.5, 0.6) is 0 Å². The van der Waals surface area contributed by atoms with Crippen molar-refractivity contribution in [3.8, 4) is 0 Å². The minimum atomic E-state index is -0.737. The van der Waals surface area contributed by atoms with Gasteiger partial charge in [0.1, 0.15) is 5.41 Å². The Bertz CT molecular complexity index is 488. The molecule has 0 bridgehead atoms. The van der Waals surface area contributed by atoms with E-state index in [0.717, 1.165) is 45.1 Å². The fraction of sp³-hybridized carbons (Fsp3) is 0.800. The molecule has 21 heavy (non-hydrogen) atoms. The van der Waals surface area contributed by atoms with Crippen LogP contribution in [0.3, 0.4) is 0 Å². The zero-order chi connectivity index (χ0) is 14.7. The summed E-state index contributed by atoms with van der Waals surface area (Å²) in [5.41, 5.74) is -0.737. The van der Waals surface area contributed by atoms with Crippen molar-refractivity contribution in [2.45, 2.75) is 56.8 Å². The van der Waals surface area contributed by atoms with Crippen molar-refractivity contribution in [2.75, 3.05) is 19.8 Å². The van der Waals surface area contributed by atoms with Crippen LogP contribution >= 0.6 is 0 Å². The quantitative estimate of drug-likeness (QED) is 0.793. The number of aromatic nitrogens is 2. The molecule has 6 heteroatoms. The monoisotopic (exact) mass is 294 g/mol. The van der Waals surface area contributed by atoms with Gasteiger partial charge in [-0.15, -0.1) is 0 Å². The Hall–Kier alpha value is -1.43. The van der Waals surface area contributed by atoms with E-state index in [9.17, 15) is 4.79 Å². The van der Waals surface area contributed by atoms with Gasteiger partial charge >= 0.3 is 5.97 Å². The van der Waals surface area contributed by atoms with E-state index >= 15 is 0 Å². The van der Waals surface area contributed by atoms with Gasteiger partial charge in [0.15, 0.2) is 5.82 Å². The predicted octanol–water partition coefficient (Wildman–Crippen LogP) is 2.34. The minimum Gasteiger partial charge on any atom is -0.465 e. The van der Waals surface area contributed by atoms with Crippen molar-refractivity contribution >= 4 is 5.97 Å². The number of esters is 1.